The highest BCUT2D eigenvalue weighted by molar-refractivity contribution is 7.89. The van der Waals surface area contributed by atoms with Gasteiger partial charge >= 0.3 is 0 Å². The monoisotopic (exact) mass is 432 g/mol. The zero-order valence-corrected chi connectivity index (χ0v) is 19.4. The minimum Gasteiger partial charge on any atom is -0.346 e. The van der Waals surface area contributed by atoms with Gasteiger partial charge in [-0.15, -0.1) is 0 Å². The molecule has 0 unspecified atom stereocenters. The Balaban J connectivity index is 2.16. The van der Waals surface area contributed by atoms with Gasteiger partial charge in [0.05, 0.1) is 25.5 Å². The van der Waals surface area contributed by atoms with Gasteiger partial charge in [-0.3, -0.25) is 4.79 Å². The van der Waals surface area contributed by atoms with Crippen molar-refractivity contribution in [2.24, 2.45) is 0 Å². The largest absolute Gasteiger partial charge is 0.346 e. The van der Waals surface area contributed by atoms with E-state index < -0.39 is 10.0 Å². The molecular weight excluding hydrogens is 398 g/mol. The molecule has 0 aliphatic rings. The van der Waals surface area contributed by atoms with E-state index in [-0.39, 0.29) is 16.8 Å². The van der Waals surface area contributed by atoms with E-state index in [1.165, 1.54) is 26.9 Å². The standard InChI is InChI=1S/C23H33N3O3S/c1-6-18-12-14-19(15-13-18)22(25(4)5)17-24-23(27)20-10-9-11-21(16-20)30(28,29)26(7-2)8-3/h9-16,22H,6-8,17H2,1-5H3,(H,24,27)/p+1/t22-/m0/s1. The number of hydrogen-bond acceptors (Lipinski definition) is 3. The van der Waals surface area contributed by atoms with E-state index in [9.17, 15) is 13.2 Å². The lowest BCUT2D eigenvalue weighted by Crippen LogP contribution is -3.07. The topological polar surface area (TPSA) is 70.9 Å². The molecule has 0 fully saturated rings. The van der Waals surface area contributed by atoms with Gasteiger partial charge in [-0.1, -0.05) is 51.1 Å². The van der Waals surface area contributed by atoms with Gasteiger partial charge in [-0.25, -0.2) is 8.42 Å². The second kappa shape index (κ2) is 10.7. The Morgan fingerprint density at radius 2 is 1.67 bits per heavy atom. The molecule has 164 valence electrons. The summed E-state index contributed by atoms with van der Waals surface area (Å²) in [5.41, 5.74) is 2.78. The lowest BCUT2D eigenvalue weighted by molar-refractivity contribution is -0.890. The molecule has 2 N–H and O–H groups in total. The van der Waals surface area contributed by atoms with Gasteiger partial charge in [0.15, 0.2) is 0 Å². The second-order valence-electron chi connectivity index (χ2n) is 7.55. The first kappa shape index (κ1) is 24.1. The Kier molecular flexibility index (Phi) is 8.58. The molecule has 1 amide bonds. The minimum atomic E-state index is -3.60. The maximum absolute atomic E-state index is 12.8. The first-order valence-electron chi connectivity index (χ1n) is 10.5. The maximum atomic E-state index is 12.8. The van der Waals surface area contributed by atoms with Crippen molar-refractivity contribution < 1.29 is 18.1 Å². The lowest BCUT2D eigenvalue weighted by atomic mass is 10.0. The summed E-state index contributed by atoms with van der Waals surface area (Å²) in [4.78, 5) is 14.1. The zero-order chi connectivity index (χ0) is 22.3. The lowest BCUT2D eigenvalue weighted by Gasteiger charge is -2.22. The van der Waals surface area contributed by atoms with E-state index in [1.807, 2.05) is 0 Å². The van der Waals surface area contributed by atoms with Crippen molar-refractivity contribution in [3.63, 3.8) is 0 Å². The van der Waals surface area contributed by atoms with Gasteiger partial charge in [0.25, 0.3) is 5.91 Å². The molecule has 0 aliphatic carbocycles. The molecule has 0 heterocycles. The second-order valence-corrected chi connectivity index (χ2v) is 9.49. The van der Waals surface area contributed by atoms with E-state index in [4.69, 9.17) is 0 Å². The highest BCUT2D eigenvalue weighted by atomic mass is 32.2. The van der Waals surface area contributed by atoms with Crippen LogP contribution in [0.15, 0.2) is 53.4 Å². The van der Waals surface area contributed by atoms with Crippen LogP contribution in [0.3, 0.4) is 0 Å². The van der Waals surface area contributed by atoms with E-state index >= 15 is 0 Å². The van der Waals surface area contributed by atoms with Crippen LogP contribution >= 0.6 is 0 Å². The summed E-state index contributed by atoms with van der Waals surface area (Å²) in [6, 6.07) is 14.8. The summed E-state index contributed by atoms with van der Waals surface area (Å²) < 4.78 is 26.9. The normalized spacial score (nSPS) is 12.9. The van der Waals surface area contributed by atoms with Crippen LogP contribution in [0.4, 0.5) is 0 Å². The fourth-order valence-corrected chi connectivity index (χ4v) is 4.95. The number of carbonyl (C=O) groups is 1. The predicted octanol–water partition coefficient (Wildman–Crippen LogP) is 1.90. The molecule has 1 atom stereocenters. The summed E-state index contributed by atoms with van der Waals surface area (Å²) in [5.74, 6) is -0.275. The molecule has 0 aliphatic heterocycles. The Hall–Kier alpha value is -2.22. The van der Waals surface area contributed by atoms with Crippen LogP contribution in [0.1, 0.15) is 48.3 Å². The van der Waals surface area contributed by atoms with Gasteiger partial charge in [-0.2, -0.15) is 4.31 Å². The van der Waals surface area contributed by atoms with Gasteiger partial charge in [0.1, 0.15) is 6.04 Å². The summed E-state index contributed by atoms with van der Waals surface area (Å²) in [7, 11) is 0.512. The molecule has 30 heavy (non-hydrogen) atoms. The van der Waals surface area contributed by atoms with Crippen LogP contribution in [0.25, 0.3) is 0 Å². The van der Waals surface area contributed by atoms with Gasteiger partial charge in [0, 0.05) is 24.2 Å². The van der Waals surface area contributed by atoms with E-state index in [0.717, 1.165) is 12.0 Å². The number of hydrogen-bond donors (Lipinski definition) is 2. The molecule has 2 aromatic carbocycles. The molecule has 0 spiro atoms. The number of aryl methyl sites for hydroxylation is 1. The van der Waals surface area contributed by atoms with Crippen molar-refractivity contribution in [3.05, 3.63) is 65.2 Å². The van der Waals surface area contributed by atoms with E-state index in [1.54, 1.807) is 26.0 Å². The molecule has 2 aromatic rings. The third-order valence-electron chi connectivity index (χ3n) is 5.39. The van der Waals surface area contributed by atoms with Crippen LogP contribution in [-0.2, 0) is 16.4 Å². The van der Waals surface area contributed by atoms with Crippen molar-refractivity contribution in [2.45, 2.75) is 38.1 Å². The van der Waals surface area contributed by atoms with Crippen LogP contribution in [0, 0.1) is 0 Å². The molecule has 0 saturated carbocycles. The Morgan fingerprint density at radius 1 is 1.03 bits per heavy atom. The quantitative estimate of drug-likeness (QED) is 0.602. The molecule has 0 aromatic heterocycles. The van der Waals surface area contributed by atoms with Crippen molar-refractivity contribution >= 4 is 15.9 Å². The Bertz CT molecular complexity index is 936. The average Bonchev–Trinajstić information content (AvgIpc) is 2.74. The van der Waals surface area contributed by atoms with Crippen molar-refractivity contribution in [1.29, 1.82) is 0 Å². The highest BCUT2D eigenvalue weighted by Crippen LogP contribution is 2.17. The number of likely N-dealkylation sites (N-methyl/N-ethyl adjacent to an activating group) is 1. The van der Waals surface area contributed by atoms with E-state index in [0.29, 0.717) is 25.2 Å². The SMILES string of the molecule is CCc1ccc([C@H](CNC(=O)c2cccc(S(=O)(=O)N(CC)CC)c2)[NH+](C)C)cc1. The summed E-state index contributed by atoms with van der Waals surface area (Å²) in [6.45, 7) is 6.96. The van der Waals surface area contributed by atoms with Gasteiger partial charge in [0.2, 0.25) is 10.0 Å². The number of nitrogens with one attached hydrogen (secondary N) is 2. The predicted molar refractivity (Wildman–Crippen MR) is 120 cm³/mol. The Labute approximate surface area is 180 Å². The molecule has 0 bridgehead atoms. The van der Waals surface area contributed by atoms with Gasteiger partial charge in [-0.05, 0) is 30.2 Å². The molecule has 0 saturated heterocycles. The van der Waals surface area contributed by atoms with E-state index in [2.05, 4.69) is 50.6 Å². The number of sulfonamides is 1. The average molecular weight is 433 g/mol. The molecule has 2 rings (SSSR count). The number of nitrogens with zero attached hydrogens (tertiary/aromatic N) is 1. The van der Waals surface area contributed by atoms with Crippen LogP contribution in [0.2, 0.25) is 0 Å². The van der Waals surface area contributed by atoms with Crippen molar-refractivity contribution in [3.8, 4) is 0 Å². The smallest absolute Gasteiger partial charge is 0.251 e. The minimum absolute atomic E-state index is 0.0995. The molecular formula is C23H34N3O3S+. The summed E-state index contributed by atoms with van der Waals surface area (Å²) in [5, 5.41) is 2.98. The number of amides is 1. The summed E-state index contributed by atoms with van der Waals surface area (Å²) >= 11 is 0. The summed E-state index contributed by atoms with van der Waals surface area (Å²) in [6.07, 6.45) is 0.989. The third kappa shape index (κ3) is 5.68. The molecule has 0 radical (unpaired) electrons. The number of quaternary nitrogens is 1. The molecule has 6 nitrogen and oxygen atoms in total. The maximum Gasteiger partial charge on any atom is 0.251 e. The third-order valence-corrected chi connectivity index (χ3v) is 7.44. The number of carbonyl (C=O) groups excluding carboxylic acids is 1. The highest BCUT2D eigenvalue weighted by Gasteiger charge is 2.23. The zero-order valence-electron chi connectivity index (χ0n) is 18.6. The van der Waals surface area contributed by atoms with Gasteiger partial charge < -0.3 is 10.2 Å². The van der Waals surface area contributed by atoms with Crippen LogP contribution in [0.5, 0.6) is 0 Å². The van der Waals surface area contributed by atoms with Crippen molar-refractivity contribution in [1.82, 2.24) is 9.62 Å². The Morgan fingerprint density at radius 3 is 2.20 bits per heavy atom. The first-order valence-corrected chi connectivity index (χ1v) is 12.0. The fourth-order valence-electron chi connectivity index (χ4n) is 3.45. The number of rotatable bonds is 10. The fraction of sp³-hybridized carbons (Fsp3) is 0.435. The number of benzene rings is 2. The first-order chi connectivity index (χ1) is 14.2. The van der Waals surface area contributed by atoms with Crippen LogP contribution < -0.4 is 10.2 Å². The van der Waals surface area contributed by atoms with Crippen LogP contribution in [-0.4, -0.2) is 52.4 Å². The van der Waals surface area contributed by atoms with Crippen molar-refractivity contribution in [2.75, 3.05) is 33.7 Å². The molecule has 7 heteroatoms.